The van der Waals surface area contributed by atoms with Gasteiger partial charge in [-0.25, -0.2) is 4.79 Å². The molecular formula is C17H24ClF3N4O2. The molecule has 0 bridgehead atoms. The Morgan fingerprint density at radius 2 is 2.00 bits per heavy atom. The Bertz CT molecular complexity index is 686. The van der Waals surface area contributed by atoms with Crippen LogP contribution in [0.2, 0.25) is 5.02 Å². The second kappa shape index (κ2) is 7.50. The van der Waals surface area contributed by atoms with Crippen LogP contribution in [0.4, 0.5) is 18.0 Å². The monoisotopic (exact) mass is 408 g/mol. The summed E-state index contributed by atoms with van der Waals surface area (Å²) < 4.78 is 44.0. The number of ether oxygens (including phenoxy) is 1. The van der Waals surface area contributed by atoms with Crippen LogP contribution in [0.15, 0.2) is 6.20 Å². The number of nitrogens with zero attached hydrogens (tertiary/aromatic N) is 4. The predicted octanol–water partition coefficient (Wildman–Crippen LogP) is 3.59. The lowest BCUT2D eigenvalue weighted by Gasteiger charge is -2.44. The van der Waals surface area contributed by atoms with Crippen molar-refractivity contribution in [3.8, 4) is 0 Å². The molecule has 1 unspecified atom stereocenters. The maximum Gasteiger partial charge on any atom is 0.425 e. The molecule has 0 saturated carbocycles. The van der Waals surface area contributed by atoms with Crippen molar-refractivity contribution in [2.24, 2.45) is 7.05 Å². The van der Waals surface area contributed by atoms with Gasteiger partial charge < -0.3 is 9.64 Å². The van der Waals surface area contributed by atoms with Crippen molar-refractivity contribution in [3.63, 3.8) is 0 Å². The summed E-state index contributed by atoms with van der Waals surface area (Å²) in [5, 5.41) is 5.03. The molecule has 3 rings (SSSR count). The molecular weight excluding hydrogens is 385 g/mol. The largest absolute Gasteiger partial charge is 0.437 e. The Hall–Kier alpha value is -1.48. The molecule has 27 heavy (non-hydrogen) atoms. The zero-order chi connectivity index (χ0) is 19.8. The lowest BCUT2D eigenvalue weighted by atomic mass is 9.85. The molecule has 10 heteroatoms. The Balaban J connectivity index is 1.59. The maximum absolute atomic E-state index is 12.6. The summed E-state index contributed by atoms with van der Waals surface area (Å²) in [6, 6.07) is 0. The number of carbonyl (C=O) groups excluding carboxylic acids is 1. The van der Waals surface area contributed by atoms with Crippen LogP contribution in [-0.4, -0.2) is 63.1 Å². The van der Waals surface area contributed by atoms with E-state index >= 15 is 0 Å². The Morgan fingerprint density at radius 1 is 1.33 bits per heavy atom. The molecule has 1 spiro atoms. The summed E-state index contributed by atoms with van der Waals surface area (Å²) in [6.45, 7) is 3.17. The van der Waals surface area contributed by atoms with Gasteiger partial charge in [-0.2, -0.15) is 18.3 Å². The van der Waals surface area contributed by atoms with Crippen LogP contribution in [0.5, 0.6) is 0 Å². The number of alkyl halides is 3. The predicted molar refractivity (Wildman–Crippen MR) is 93.4 cm³/mol. The Morgan fingerprint density at radius 3 is 2.56 bits per heavy atom. The van der Waals surface area contributed by atoms with Crippen LogP contribution in [0.1, 0.15) is 38.3 Å². The standard InChI is InChI=1S/C17H24ClF3N4O2/c1-12(17(19,20)21)27-15(26)24-8-5-16(6-9-24)4-3-7-25(16)11-14-13(18)10-23(2)22-14/h10,12H,3-9,11H2,1-2H3. The van der Waals surface area contributed by atoms with Crippen molar-refractivity contribution in [2.45, 2.75) is 57.0 Å². The summed E-state index contributed by atoms with van der Waals surface area (Å²) in [4.78, 5) is 15.8. The van der Waals surface area contributed by atoms with E-state index in [4.69, 9.17) is 11.6 Å². The van der Waals surface area contributed by atoms with E-state index in [0.717, 1.165) is 32.0 Å². The molecule has 0 aliphatic carbocycles. The third kappa shape index (κ3) is 4.34. The molecule has 1 amide bonds. The van der Waals surface area contributed by atoms with E-state index in [0.29, 0.717) is 37.5 Å². The minimum Gasteiger partial charge on any atom is -0.437 e. The second-order valence-corrected chi connectivity index (χ2v) is 7.81. The number of hydrogen-bond donors (Lipinski definition) is 0. The summed E-state index contributed by atoms with van der Waals surface area (Å²) in [6.07, 6.45) is -2.34. The van der Waals surface area contributed by atoms with E-state index in [1.807, 2.05) is 7.05 Å². The fourth-order valence-electron chi connectivity index (χ4n) is 4.00. The molecule has 2 aliphatic heterocycles. The number of amides is 1. The van der Waals surface area contributed by atoms with Gasteiger partial charge in [-0.15, -0.1) is 0 Å². The van der Waals surface area contributed by atoms with Gasteiger partial charge in [-0.1, -0.05) is 11.6 Å². The first-order chi connectivity index (χ1) is 12.6. The maximum atomic E-state index is 12.6. The molecule has 6 nitrogen and oxygen atoms in total. The van der Waals surface area contributed by atoms with Gasteiger partial charge in [-0.05, 0) is 39.2 Å². The van der Waals surface area contributed by atoms with E-state index in [9.17, 15) is 18.0 Å². The average Bonchev–Trinajstić information content (AvgIpc) is 3.10. The molecule has 0 N–H and O–H groups in total. The SMILES string of the molecule is CC(OC(=O)N1CCC2(CCCN2Cc2nn(C)cc2Cl)CC1)C(F)(F)F. The molecule has 1 aromatic rings. The molecule has 3 heterocycles. The van der Waals surface area contributed by atoms with Crippen LogP contribution in [0, 0.1) is 0 Å². The van der Waals surface area contributed by atoms with Crippen molar-refractivity contribution in [1.29, 1.82) is 0 Å². The zero-order valence-electron chi connectivity index (χ0n) is 15.4. The fourth-order valence-corrected chi connectivity index (χ4v) is 4.24. The number of halogens is 4. The molecule has 2 aliphatic rings. The number of carbonyl (C=O) groups is 1. The van der Waals surface area contributed by atoms with Crippen LogP contribution >= 0.6 is 11.6 Å². The number of piperidine rings is 1. The summed E-state index contributed by atoms with van der Waals surface area (Å²) in [5.41, 5.74) is 0.758. The van der Waals surface area contributed by atoms with Gasteiger partial charge >= 0.3 is 12.3 Å². The van der Waals surface area contributed by atoms with Crippen molar-refractivity contribution < 1.29 is 22.7 Å². The van der Waals surface area contributed by atoms with E-state index in [1.165, 1.54) is 4.90 Å². The van der Waals surface area contributed by atoms with Gasteiger partial charge in [0, 0.05) is 38.4 Å². The molecule has 0 aromatic carbocycles. The van der Waals surface area contributed by atoms with Crippen LogP contribution in [0.25, 0.3) is 0 Å². The van der Waals surface area contributed by atoms with E-state index in [-0.39, 0.29) is 5.54 Å². The number of aromatic nitrogens is 2. The first-order valence-electron chi connectivity index (χ1n) is 9.06. The first-order valence-corrected chi connectivity index (χ1v) is 9.44. The summed E-state index contributed by atoms with van der Waals surface area (Å²) in [5.74, 6) is 0. The molecule has 152 valence electrons. The lowest BCUT2D eigenvalue weighted by Crippen LogP contribution is -2.53. The number of rotatable bonds is 3. The second-order valence-electron chi connectivity index (χ2n) is 7.40. The normalized spacial score (nSPS) is 21.6. The topological polar surface area (TPSA) is 50.6 Å². The minimum absolute atomic E-state index is 0.0622. The summed E-state index contributed by atoms with van der Waals surface area (Å²) in [7, 11) is 1.82. The van der Waals surface area contributed by atoms with E-state index in [1.54, 1.807) is 10.9 Å². The van der Waals surface area contributed by atoms with Crippen molar-refractivity contribution in [1.82, 2.24) is 19.6 Å². The molecule has 0 radical (unpaired) electrons. The van der Waals surface area contributed by atoms with Crippen molar-refractivity contribution in [2.75, 3.05) is 19.6 Å². The van der Waals surface area contributed by atoms with Crippen molar-refractivity contribution >= 4 is 17.7 Å². The lowest BCUT2D eigenvalue weighted by molar-refractivity contribution is -0.200. The van der Waals surface area contributed by atoms with Gasteiger partial charge in [0.15, 0.2) is 6.10 Å². The minimum atomic E-state index is -4.54. The third-order valence-electron chi connectivity index (χ3n) is 5.63. The Labute approximate surface area is 161 Å². The zero-order valence-corrected chi connectivity index (χ0v) is 16.2. The van der Waals surface area contributed by atoms with E-state index < -0.39 is 18.4 Å². The van der Waals surface area contributed by atoms with Gasteiger partial charge in [0.2, 0.25) is 0 Å². The molecule has 2 fully saturated rings. The van der Waals surface area contributed by atoms with E-state index in [2.05, 4.69) is 14.7 Å². The van der Waals surface area contributed by atoms with Crippen LogP contribution in [-0.2, 0) is 18.3 Å². The fraction of sp³-hybridized carbons (Fsp3) is 0.765. The highest BCUT2D eigenvalue weighted by Crippen LogP contribution is 2.40. The highest BCUT2D eigenvalue weighted by molar-refractivity contribution is 6.31. The first kappa shape index (κ1) is 20.3. The quantitative estimate of drug-likeness (QED) is 0.767. The number of hydrogen-bond acceptors (Lipinski definition) is 4. The molecule has 1 aromatic heterocycles. The smallest absolute Gasteiger partial charge is 0.425 e. The highest BCUT2D eigenvalue weighted by atomic mass is 35.5. The number of aryl methyl sites for hydroxylation is 1. The molecule has 2 saturated heterocycles. The van der Waals surface area contributed by atoms with Gasteiger partial charge in [0.25, 0.3) is 0 Å². The van der Waals surface area contributed by atoms with Gasteiger partial charge in [-0.3, -0.25) is 9.58 Å². The highest BCUT2D eigenvalue weighted by Gasteiger charge is 2.45. The Kier molecular flexibility index (Phi) is 5.63. The summed E-state index contributed by atoms with van der Waals surface area (Å²) >= 11 is 6.23. The van der Waals surface area contributed by atoms with Crippen molar-refractivity contribution in [3.05, 3.63) is 16.9 Å². The van der Waals surface area contributed by atoms with Crippen LogP contribution < -0.4 is 0 Å². The third-order valence-corrected chi connectivity index (χ3v) is 5.94. The van der Waals surface area contributed by atoms with Gasteiger partial charge in [0.1, 0.15) is 0 Å². The van der Waals surface area contributed by atoms with Gasteiger partial charge in [0.05, 0.1) is 10.7 Å². The van der Waals surface area contributed by atoms with Crippen LogP contribution in [0.3, 0.4) is 0 Å². The molecule has 1 atom stereocenters. The average molecular weight is 409 g/mol. The number of likely N-dealkylation sites (tertiary alicyclic amines) is 2.